The fourth-order valence-corrected chi connectivity index (χ4v) is 4.77. The third-order valence-corrected chi connectivity index (χ3v) is 6.98. The number of aliphatic hydroxyl groups is 1. The van der Waals surface area contributed by atoms with Gasteiger partial charge in [-0.1, -0.05) is 29.8 Å². The number of carbonyl (C=O) groups excluding carboxylic acids is 1. The molecule has 1 aliphatic heterocycles. The van der Waals surface area contributed by atoms with Crippen molar-refractivity contribution in [2.45, 2.75) is 24.7 Å². The van der Waals surface area contributed by atoms with E-state index >= 15 is 0 Å². The quantitative estimate of drug-likeness (QED) is 0.644. The average Bonchev–Trinajstić information content (AvgIpc) is 2.74. The number of ether oxygens (including phenoxy) is 1. The van der Waals surface area contributed by atoms with Gasteiger partial charge in [0.25, 0.3) is 0 Å². The summed E-state index contributed by atoms with van der Waals surface area (Å²) in [5.41, 5.74) is 1.49. The van der Waals surface area contributed by atoms with Gasteiger partial charge in [0.05, 0.1) is 29.0 Å². The molecule has 0 amide bonds. The van der Waals surface area contributed by atoms with E-state index in [-0.39, 0.29) is 17.2 Å². The molecule has 2 aromatic carbocycles. The molecule has 3 rings (SSSR count). The van der Waals surface area contributed by atoms with Gasteiger partial charge in [-0.25, -0.2) is 17.5 Å². The monoisotopic (exact) mass is 441 g/mol. The molecule has 0 bridgehead atoms. The van der Waals surface area contributed by atoms with Crippen LogP contribution in [0.15, 0.2) is 36.4 Å². The molecule has 0 unspecified atom stereocenters. The molecule has 9 heteroatoms. The average molecular weight is 442 g/mol. The van der Waals surface area contributed by atoms with Gasteiger partial charge in [-0.15, -0.1) is 0 Å². The van der Waals surface area contributed by atoms with Crippen LogP contribution in [0.3, 0.4) is 0 Å². The van der Waals surface area contributed by atoms with Crippen molar-refractivity contribution < 1.29 is 27.4 Å². The maximum Gasteiger partial charge on any atom is 0.215 e. The number of nitrogens with one attached hydrogen (secondary N) is 1. The first-order valence-corrected chi connectivity index (χ1v) is 11.0. The molecule has 156 valence electrons. The minimum absolute atomic E-state index is 0.164. The molecule has 0 aromatic heterocycles. The molecule has 0 saturated carbocycles. The Morgan fingerprint density at radius 1 is 1.21 bits per heavy atom. The second-order valence-corrected chi connectivity index (χ2v) is 9.23. The molecular weight excluding hydrogens is 421 g/mol. The van der Waals surface area contributed by atoms with Crippen LogP contribution in [0, 0.1) is 5.82 Å². The molecular formula is C20H21ClFNO5S. The minimum Gasteiger partial charge on any atom is -0.392 e. The van der Waals surface area contributed by atoms with Crippen LogP contribution >= 0.6 is 11.6 Å². The van der Waals surface area contributed by atoms with Crippen LogP contribution in [0.1, 0.15) is 28.8 Å². The van der Waals surface area contributed by atoms with Crippen molar-refractivity contribution in [1.29, 1.82) is 0 Å². The number of sulfonamides is 1. The molecule has 2 N–H and O–H groups in total. The van der Waals surface area contributed by atoms with E-state index in [1.807, 2.05) is 0 Å². The van der Waals surface area contributed by atoms with Gasteiger partial charge in [0.2, 0.25) is 10.0 Å². The lowest BCUT2D eigenvalue weighted by Crippen LogP contribution is -2.40. The molecule has 2 aromatic rings. The number of rotatable bonds is 7. The summed E-state index contributed by atoms with van der Waals surface area (Å²) in [6.45, 7) is -0.0347. The summed E-state index contributed by atoms with van der Waals surface area (Å²) in [7, 11) is -3.71. The van der Waals surface area contributed by atoms with Gasteiger partial charge in [-0.3, -0.25) is 4.79 Å². The largest absolute Gasteiger partial charge is 0.392 e. The molecule has 0 spiro atoms. The highest BCUT2D eigenvalue weighted by Gasteiger charge is 2.28. The summed E-state index contributed by atoms with van der Waals surface area (Å²) in [5, 5.41) is 8.41. The van der Waals surface area contributed by atoms with Crippen molar-refractivity contribution in [3.05, 3.63) is 58.4 Å². The normalized spacial score (nSPS) is 15.4. The minimum atomic E-state index is -3.71. The molecule has 0 radical (unpaired) electrons. The molecule has 1 fully saturated rings. The van der Waals surface area contributed by atoms with Crippen LogP contribution in [-0.2, 0) is 21.4 Å². The number of hydrogen-bond acceptors (Lipinski definition) is 5. The number of aliphatic hydroxyl groups excluding tert-OH is 1. The number of ketones is 1. The zero-order valence-corrected chi connectivity index (χ0v) is 17.1. The predicted molar refractivity (Wildman–Crippen MR) is 108 cm³/mol. The number of halogens is 2. The van der Waals surface area contributed by atoms with Gasteiger partial charge in [-0.05, 0) is 47.7 Å². The zero-order chi connectivity index (χ0) is 21.0. The highest BCUT2D eigenvalue weighted by atomic mass is 35.5. The Hall–Kier alpha value is -1.84. The molecule has 1 aliphatic rings. The topological polar surface area (TPSA) is 92.7 Å². The first kappa shape index (κ1) is 21.9. The molecule has 0 aliphatic carbocycles. The maximum atomic E-state index is 14.5. The summed E-state index contributed by atoms with van der Waals surface area (Å²) in [5.74, 6) is -1.62. The van der Waals surface area contributed by atoms with E-state index in [9.17, 15) is 22.7 Å². The van der Waals surface area contributed by atoms with Crippen molar-refractivity contribution >= 4 is 27.4 Å². The summed E-state index contributed by atoms with van der Waals surface area (Å²) in [4.78, 5) is 12.6. The van der Waals surface area contributed by atoms with Crippen LogP contribution in [0.5, 0.6) is 0 Å². The second kappa shape index (κ2) is 9.32. The van der Waals surface area contributed by atoms with E-state index in [2.05, 4.69) is 4.72 Å². The van der Waals surface area contributed by atoms with E-state index in [0.717, 1.165) is 0 Å². The number of hydrogen-bond donors (Lipinski definition) is 2. The van der Waals surface area contributed by atoms with Crippen LogP contribution in [0.25, 0.3) is 11.1 Å². The fourth-order valence-electron chi connectivity index (χ4n) is 3.17. The summed E-state index contributed by atoms with van der Waals surface area (Å²) < 4.78 is 46.6. The van der Waals surface area contributed by atoms with Crippen LogP contribution < -0.4 is 4.72 Å². The SMILES string of the molecule is O=C(CNS(=O)(=O)C1CCOCC1)c1cc(-c2cccc(CO)c2)cc(Cl)c1F. The summed E-state index contributed by atoms with van der Waals surface area (Å²) >= 11 is 5.97. The van der Waals surface area contributed by atoms with Gasteiger partial charge < -0.3 is 9.84 Å². The smallest absolute Gasteiger partial charge is 0.215 e. The molecule has 6 nitrogen and oxygen atoms in total. The first-order valence-electron chi connectivity index (χ1n) is 9.10. The van der Waals surface area contributed by atoms with Crippen molar-refractivity contribution in [2.24, 2.45) is 0 Å². The lowest BCUT2D eigenvalue weighted by Gasteiger charge is -2.22. The standard InChI is InChI=1S/C20H21ClFNO5S/c21-18-10-15(14-3-1-2-13(8-14)12-24)9-17(20(18)22)19(25)11-23-29(26,27)16-4-6-28-7-5-16/h1-3,8-10,16,23-24H,4-7,11-12H2. The van der Waals surface area contributed by atoms with Crippen molar-refractivity contribution in [3.63, 3.8) is 0 Å². The number of Topliss-reactive ketones (excluding diaryl/α,β-unsaturated/α-hetero) is 1. The van der Waals surface area contributed by atoms with E-state index in [1.54, 1.807) is 24.3 Å². The maximum absolute atomic E-state index is 14.5. The third-order valence-electron chi connectivity index (χ3n) is 4.81. The second-order valence-electron chi connectivity index (χ2n) is 6.78. The highest BCUT2D eigenvalue weighted by Crippen LogP contribution is 2.29. The van der Waals surface area contributed by atoms with E-state index in [4.69, 9.17) is 16.3 Å². The summed E-state index contributed by atoms with van der Waals surface area (Å²) in [6, 6.07) is 9.61. The van der Waals surface area contributed by atoms with Crippen LogP contribution in [0.2, 0.25) is 5.02 Å². The Kier molecular flexibility index (Phi) is 7.02. The van der Waals surface area contributed by atoms with Gasteiger partial charge in [0.15, 0.2) is 11.6 Å². The van der Waals surface area contributed by atoms with Crippen molar-refractivity contribution in [3.8, 4) is 11.1 Å². The zero-order valence-electron chi connectivity index (χ0n) is 15.5. The predicted octanol–water partition coefficient (Wildman–Crippen LogP) is 2.92. The van der Waals surface area contributed by atoms with Crippen molar-refractivity contribution in [2.75, 3.05) is 19.8 Å². The van der Waals surface area contributed by atoms with Gasteiger partial charge >= 0.3 is 0 Å². The number of benzene rings is 2. The number of carbonyl (C=O) groups is 1. The highest BCUT2D eigenvalue weighted by molar-refractivity contribution is 7.90. The Morgan fingerprint density at radius 3 is 2.62 bits per heavy atom. The van der Waals surface area contributed by atoms with Crippen LogP contribution in [0.4, 0.5) is 4.39 Å². The molecule has 1 saturated heterocycles. The Labute approximate surface area is 173 Å². The summed E-state index contributed by atoms with van der Waals surface area (Å²) in [6.07, 6.45) is 0.695. The molecule has 0 atom stereocenters. The van der Waals surface area contributed by atoms with E-state index < -0.39 is 33.4 Å². The molecule has 29 heavy (non-hydrogen) atoms. The Bertz CT molecular complexity index is 1010. The first-order chi connectivity index (χ1) is 13.8. The van der Waals surface area contributed by atoms with Gasteiger partial charge in [-0.2, -0.15) is 0 Å². The molecule has 1 heterocycles. The van der Waals surface area contributed by atoms with Crippen LogP contribution in [-0.4, -0.2) is 44.3 Å². The van der Waals surface area contributed by atoms with Crippen molar-refractivity contribution in [1.82, 2.24) is 4.72 Å². The lowest BCUT2D eigenvalue weighted by molar-refractivity contribution is 0.0974. The van der Waals surface area contributed by atoms with E-state index in [1.165, 1.54) is 12.1 Å². The Balaban J connectivity index is 1.82. The third kappa shape index (κ3) is 5.21. The van der Waals surface area contributed by atoms with Gasteiger partial charge in [0.1, 0.15) is 0 Å². The van der Waals surface area contributed by atoms with E-state index in [0.29, 0.717) is 42.7 Å². The Morgan fingerprint density at radius 2 is 1.93 bits per heavy atom. The fraction of sp³-hybridized carbons (Fsp3) is 0.350. The lowest BCUT2D eigenvalue weighted by atomic mass is 9.99. The van der Waals surface area contributed by atoms with Gasteiger partial charge in [0, 0.05) is 13.2 Å².